The molecular formula is C12H18BrN3O2. The molecule has 1 N–H and O–H groups in total. The predicted molar refractivity (Wildman–Crippen MR) is 74.0 cm³/mol. The molecule has 5 nitrogen and oxygen atoms in total. The number of hydrogen-bond acceptors (Lipinski definition) is 4. The van der Waals surface area contributed by atoms with Crippen LogP contribution in [0.25, 0.3) is 0 Å². The Morgan fingerprint density at radius 3 is 3.17 bits per heavy atom. The second-order valence-corrected chi connectivity index (χ2v) is 5.21. The minimum atomic E-state index is -0.0887. The standard InChI is InChI=1S/C12H18BrN3O2/c1-2-5-16-12(17)11(13)10(8-15-16)14-7-9-4-3-6-18-9/h8-9,14H,2-7H2,1H3. The first-order chi connectivity index (χ1) is 8.72. The van der Waals surface area contributed by atoms with E-state index in [0.717, 1.165) is 38.1 Å². The molecule has 100 valence electrons. The van der Waals surface area contributed by atoms with Gasteiger partial charge in [-0.1, -0.05) is 6.92 Å². The monoisotopic (exact) mass is 315 g/mol. The van der Waals surface area contributed by atoms with Gasteiger partial charge in [0.15, 0.2) is 0 Å². The van der Waals surface area contributed by atoms with Crippen molar-refractivity contribution >= 4 is 21.6 Å². The molecule has 0 bridgehead atoms. The Bertz CT molecular complexity index is 455. The van der Waals surface area contributed by atoms with Crippen molar-refractivity contribution in [3.05, 3.63) is 21.0 Å². The summed E-state index contributed by atoms with van der Waals surface area (Å²) in [6.45, 7) is 4.22. The number of ether oxygens (including phenoxy) is 1. The summed E-state index contributed by atoms with van der Waals surface area (Å²) in [5, 5.41) is 7.36. The van der Waals surface area contributed by atoms with Crippen LogP contribution in [0.3, 0.4) is 0 Å². The molecule has 18 heavy (non-hydrogen) atoms. The molecule has 1 fully saturated rings. The van der Waals surface area contributed by atoms with Crippen LogP contribution in [0.5, 0.6) is 0 Å². The Balaban J connectivity index is 2.04. The van der Waals surface area contributed by atoms with Crippen LogP contribution in [-0.4, -0.2) is 29.0 Å². The van der Waals surface area contributed by atoms with E-state index in [4.69, 9.17) is 4.74 Å². The van der Waals surface area contributed by atoms with Crippen molar-refractivity contribution in [2.75, 3.05) is 18.5 Å². The zero-order valence-corrected chi connectivity index (χ0v) is 12.1. The van der Waals surface area contributed by atoms with Gasteiger partial charge in [0.25, 0.3) is 5.56 Å². The van der Waals surface area contributed by atoms with Gasteiger partial charge in [0.1, 0.15) is 4.47 Å². The second kappa shape index (κ2) is 6.33. The molecule has 0 saturated carbocycles. The van der Waals surface area contributed by atoms with Crippen LogP contribution in [0.1, 0.15) is 26.2 Å². The van der Waals surface area contributed by atoms with E-state index in [1.54, 1.807) is 6.20 Å². The maximum absolute atomic E-state index is 12.0. The molecule has 0 spiro atoms. The summed E-state index contributed by atoms with van der Waals surface area (Å²) < 4.78 is 7.54. The Hall–Kier alpha value is -0.880. The van der Waals surface area contributed by atoms with Crippen molar-refractivity contribution < 1.29 is 4.74 Å². The molecular weight excluding hydrogens is 298 g/mol. The van der Waals surface area contributed by atoms with Crippen LogP contribution >= 0.6 is 15.9 Å². The van der Waals surface area contributed by atoms with E-state index in [9.17, 15) is 4.79 Å². The Morgan fingerprint density at radius 1 is 1.67 bits per heavy atom. The smallest absolute Gasteiger partial charge is 0.283 e. The minimum Gasteiger partial charge on any atom is -0.380 e. The molecule has 1 aromatic rings. The largest absolute Gasteiger partial charge is 0.380 e. The quantitative estimate of drug-likeness (QED) is 0.903. The molecule has 0 aliphatic carbocycles. The third-order valence-corrected chi connectivity index (χ3v) is 3.73. The van der Waals surface area contributed by atoms with Gasteiger partial charge < -0.3 is 10.1 Å². The fourth-order valence-electron chi connectivity index (χ4n) is 1.99. The summed E-state index contributed by atoms with van der Waals surface area (Å²) in [6.07, 6.45) is 5.02. The lowest BCUT2D eigenvalue weighted by molar-refractivity contribution is 0.120. The molecule has 0 radical (unpaired) electrons. The van der Waals surface area contributed by atoms with E-state index in [-0.39, 0.29) is 11.7 Å². The van der Waals surface area contributed by atoms with E-state index in [2.05, 4.69) is 26.3 Å². The van der Waals surface area contributed by atoms with E-state index in [0.29, 0.717) is 11.0 Å². The van der Waals surface area contributed by atoms with Crippen molar-refractivity contribution in [1.82, 2.24) is 9.78 Å². The van der Waals surface area contributed by atoms with Gasteiger partial charge in [-0.2, -0.15) is 5.10 Å². The highest BCUT2D eigenvalue weighted by Gasteiger charge is 2.16. The molecule has 1 aliphatic heterocycles. The number of aryl methyl sites for hydroxylation is 1. The molecule has 1 unspecified atom stereocenters. The van der Waals surface area contributed by atoms with Crippen molar-refractivity contribution in [1.29, 1.82) is 0 Å². The topological polar surface area (TPSA) is 56.1 Å². The van der Waals surface area contributed by atoms with E-state index < -0.39 is 0 Å². The molecule has 2 rings (SSSR count). The van der Waals surface area contributed by atoms with E-state index >= 15 is 0 Å². The maximum Gasteiger partial charge on any atom is 0.283 e. The third-order valence-electron chi connectivity index (χ3n) is 2.96. The highest BCUT2D eigenvalue weighted by molar-refractivity contribution is 9.10. The number of aromatic nitrogens is 2. The van der Waals surface area contributed by atoms with Crippen molar-refractivity contribution in [2.45, 2.75) is 38.8 Å². The first-order valence-electron chi connectivity index (χ1n) is 6.33. The Morgan fingerprint density at radius 2 is 2.50 bits per heavy atom. The van der Waals surface area contributed by atoms with Gasteiger partial charge in [-0.25, -0.2) is 4.68 Å². The van der Waals surface area contributed by atoms with Gasteiger partial charge in [-0.15, -0.1) is 0 Å². The number of nitrogens with one attached hydrogen (secondary N) is 1. The van der Waals surface area contributed by atoms with E-state index in [1.165, 1.54) is 4.68 Å². The lowest BCUT2D eigenvalue weighted by Crippen LogP contribution is -2.26. The molecule has 1 atom stereocenters. The van der Waals surface area contributed by atoms with Crippen LogP contribution in [0, 0.1) is 0 Å². The fourth-order valence-corrected chi connectivity index (χ4v) is 2.44. The molecule has 1 aromatic heterocycles. The van der Waals surface area contributed by atoms with Crippen LogP contribution < -0.4 is 10.9 Å². The third kappa shape index (κ3) is 3.11. The Labute approximate surface area is 115 Å². The van der Waals surface area contributed by atoms with Gasteiger partial charge in [-0.05, 0) is 35.2 Å². The zero-order chi connectivity index (χ0) is 13.0. The summed E-state index contributed by atoms with van der Waals surface area (Å²) in [4.78, 5) is 12.0. The molecule has 2 heterocycles. The molecule has 1 saturated heterocycles. The van der Waals surface area contributed by atoms with Crippen molar-refractivity contribution in [2.24, 2.45) is 0 Å². The average Bonchev–Trinajstić information content (AvgIpc) is 2.87. The second-order valence-electron chi connectivity index (χ2n) is 4.42. The van der Waals surface area contributed by atoms with Gasteiger partial charge in [-0.3, -0.25) is 4.79 Å². The SMILES string of the molecule is CCCn1ncc(NCC2CCCO2)c(Br)c1=O. The van der Waals surface area contributed by atoms with Crippen LogP contribution in [0.15, 0.2) is 15.5 Å². The number of nitrogens with zero attached hydrogens (tertiary/aromatic N) is 2. The fraction of sp³-hybridized carbons (Fsp3) is 0.667. The molecule has 0 amide bonds. The van der Waals surface area contributed by atoms with Crippen LogP contribution in [0.4, 0.5) is 5.69 Å². The highest BCUT2D eigenvalue weighted by Crippen LogP contribution is 2.18. The Kier molecular flexibility index (Phi) is 4.77. The van der Waals surface area contributed by atoms with Gasteiger partial charge in [0.2, 0.25) is 0 Å². The summed E-state index contributed by atoms with van der Waals surface area (Å²) in [5.74, 6) is 0. The first kappa shape index (κ1) is 13.5. The van der Waals surface area contributed by atoms with Gasteiger partial charge in [0, 0.05) is 19.7 Å². The van der Waals surface area contributed by atoms with E-state index in [1.807, 2.05) is 6.92 Å². The number of halogens is 1. The first-order valence-corrected chi connectivity index (χ1v) is 7.12. The number of rotatable bonds is 5. The maximum atomic E-state index is 12.0. The van der Waals surface area contributed by atoms with Crippen molar-refractivity contribution in [3.8, 4) is 0 Å². The summed E-state index contributed by atoms with van der Waals surface area (Å²) in [5.41, 5.74) is 0.650. The van der Waals surface area contributed by atoms with Crippen molar-refractivity contribution in [3.63, 3.8) is 0 Å². The summed E-state index contributed by atoms with van der Waals surface area (Å²) in [7, 11) is 0. The van der Waals surface area contributed by atoms with Gasteiger partial charge in [0.05, 0.1) is 18.0 Å². The summed E-state index contributed by atoms with van der Waals surface area (Å²) >= 11 is 3.33. The normalized spacial score (nSPS) is 19.1. The molecule has 0 aromatic carbocycles. The molecule has 1 aliphatic rings. The van der Waals surface area contributed by atoms with Crippen LogP contribution in [-0.2, 0) is 11.3 Å². The summed E-state index contributed by atoms with van der Waals surface area (Å²) in [6, 6.07) is 0. The number of anilines is 1. The lowest BCUT2D eigenvalue weighted by Gasteiger charge is -2.13. The highest BCUT2D eigenvalue weighted by atomic mass is 79.9. The predicted octanol–water partition coefficient (Wildman–Crippen LogP) is 2.01. The lowest BCUT2D eigenvalue weighted by atomic mass is 10.2. The average molecular weight is 316 g/mol. The zero-order valence-electron chi connectivity index (χ0n) is 10.5. The van der Waals surface area contributed by atoms with Crippen LogP contribution in [0.2, 0.25) is 0 Å². The number of hydrogen-bond donors (Lipinski definition) is 1. The minimum absolute atomic E-state index is 0.0887. The molecule has 6 heteroatoms. The van der Waals surface area contributed by atoms with Gasteiger partial charge >= 0.3 is 0 Å².